The Labute approximate surface area is 90.7 Å². The van der Waals surface area contributed by atoms with Crippen molar-refractivity contribution in [1.29, 1.82) is 0 Å². The van der Waals surface area contributed by atoms with Crippen LogP contribution >= 0.6 is 0 Å². The summed E-state index contributed by atoms with van der Waals surface area (Å²) in [4.78, 5) is 0. The molecule has 0 aromatic heterocycles. The molecule has 0 aromatic rings. The molecule has 0 amide bonds. The van der Waals surface area contributed by atoms with Gasteiger partial charge in [-0.3, -0.25) is 0 Å². The fourth-order valence-electron chi connectivity index (χ4n) is 2.31. The largest absolute Gasteiger partial charge is 0.319 e. The van der Waals surface area contributed by atoms with Gasteiger partial charge in [0.15, 0.2) is 0 Å². The fraction of sp³-hybridized carbons (Fsp3) is 1.00. The van der Waals surface area contributed by atoms with Crippen LogP contribution in [0.5, 0.6) is 0 Å². The molecular weight excluding hydrogens is 170 g/mol. The molecule has 1 heteroatoms. The average Bonchev–Trinajstić information content (AvgIpc) is 2.04. The van der Waals surface area contributed by atoms with Crippen LogP contribution in [0.1, 0.15) is 53.9 Å². The van der Waals surface area contributed by atoms with Gasteiger partial charge in [0.05, 0.1) is 0 Å². The van der Waals surface area contributed by atoms with Gasteiger partial charge < -0.3 is 5.32 Å². The SMILES string of the molecule is CCCC(C)CC(C)(CNC)C(C)C. The molecule has 0 aliphatic rings. The smallest absolute Gasteiger partial charge is 0.000471 e. The Bertz CT molecular complexity index is 142. The third-order valence-electron chi connectivity index (χ3n) is 3.57. The fourth-order valence-corrected chi connectivity index (χ4v) is 2.31. The van der Waals surface area contributed by atoms with Crippen LogP contribution in [0.3, 0.4) is 0 Å². The molecule has 0 spiro atoms. The molecular formula is C13H29N. The Hall–Kier alpha value is -0.0400. The summed E-state index contributed by atoms with van der Waals surface area (Å²) in [6.45, 7) is 12.9. The summed E-state index contributed by atoms with van der Waals surface area (Å²) in [5.74, 6) is 1.62. The van der Waals surface area contributed by atoms with Crippen LogP contribution < -0.4 is 5.32 Å². The van der Waals surface area contributed by atoms with E-state index < -0.39 is 0 Å². The number of hydrogen-bond acceptors (Lipinski definition) is 1. The molecule has 1 nitrogen and oxygen atoms in total. The zero-order valence-electron chi connectivity index (χ0n) is 11.0. The van der Waals surface area contributed by atoms with Crippen molar-refractivity contribution in [2.45, 2.75) is 53.9 Å². The lowest BCUT2D eigenvalue weighted by Gasteiger charge is -2.36. The molecule has 0 saturated heterocycles. The van der Waals surface area contributed by atoms with E-state index in [0.717, 1.165) is 18.4 Å². The molecule has 1 N–H and O–H groups in total. The second kappa shape index (κ2) is 6.44. The highest BCUT2D eigenvalue weighted by Crippen LogP contribution is 2.34. The van der Waals surface area contributed by atoms with E-state index in [1.54, 1.807) is 0 Å². The predicted octanol–water partition coefficient (Wildman–Crippen LogP) is 3.69. The maximum atomic E-state index is 3.34. The van der Waals surface area contributed by atoms with E-state index in [9.17, 15) is 0 Å². The van der Waals surface area contributed by atoms with Crippen LogP contribution in [-0.4, -0.2) is 13.6 Å². The molecule has 2 atom stereocenters. The van der Waals surface area contributed by atoms with Crippen molar-refractivity contribution >= 4 is 0 Å². The minimum Gasteiger partial charge on any atom is -0.319 e. The van der Waals surface area contributed by atoms with Gasteiger partial charge in [-0.15, -0.1) is 0 Å². The number of hydrogen-bond donors (Lipinski definition) is 1. The molecule has 0 aliphatic carbocycles. The van der Waals surface area contributed by atoms with Crippen LogP contribution in [0.4, 0.5) is 0 Å². The van der Waals surface area contributed by atoms with E-state index >= 15 is 0 Å². The van der Waals surface area contributed by atoms with Crippen molar-refractivity contribution in [3.63, 3.8) is 0 Å². The van der Waals surface area contributed by atoms with E-state index in [2.05, 4.69) is 47.0 Å². The first-order chi connectivity index (χ1) is 6.46. The van der Waals surface area contributed by atoms with Crippen LogP contribution in [0, 0.1) is 17.3 Å². The van der Waals surface area contributed by atoms with E-state index in [1.807, 2.05) is 0 Å². The molecule has 0 fully saturated rings. The van der Waals surface area contributed by atoms with Crippen LogP contribution in [0.25, 0.3) is 0 Å². The van der Waals surface area contributed by atoms with Gasteiger partial charge in [0, 0.05) is 6.54 Å². The quantitative estimate of drug-likeness (QED) is 0.659. The Balaban J connectivity index is 4.21. The highest BCUT2D eigenvalue weighted by molar-refractivity contribution is 4.81. The molecule has 0 heterocycles. The Morgan fingerprint density at radius 3 is 2.14 bits per heavy atom. The topological polar surface area (TPSA) is 12.0 Å². The van der Waals surface area contributed by atoms with Crippen LogP contribution in [0.15, 0.2) is 0 Å². The molecule has 0 saturated carbocycles. The van der Waals surface area contributed by atoms with Gasteiger partial charge in [0.1, 0.15) is 0 Å². The van der Waals surface area contributed by atoms with Crippen molar-refractivity contribution in [3.8, 4) is 0 Å². The summed E-state index contributed by atoms with van der Waals surface area (Å²) >= 11 is 0. The second-order valence-corrected chi connectivity index (χ2v) is 5.44. The summed E-state index contributed by atoms with van der Waals surface area (Å²) < 4.78 is 0. The van der Waals surface area contributed by atoms with Crippen molar-refractivity contribution in [3.05, 3.63) is 0 Å². The van der Waals surface area contributed by atoms with Gasteiger partial charge in [-0.2, -0.15) is 0 Å². The monoisotopic (exact) mass is 199 g/mol. The maximum Gasteiger partial charge on any atom is 0.000471 e. The minimum absolute atomic E-state index is 0.462. The van der Waals surface area contributed by atoms with E-state index in [1.165, 1.54) is 19.3 Å². The lowest BCUT2D eigenvalue weighted by atomic mass is 9.72. The van der Waals surface area contributed by atoms with Crippen molar-refractivity contribution in [2.75, 3.05) is 13.6 Å². The molecule has 0 aromatic carbocycles. The number of nitrogens with one attached hydrogen (secondary N) is 1. The Kier molecular flexibility index (Phi) is 6.43. The highest BCUT2D eigenvalue weighted by atomic mass is 14.8. The summed E-state index contributed by atoms with van der Waals surface area (Å²) in [5, 5.41) is 3.34. The summed E-state index contributed by atoms with van der Waals surface area (Å²) in [6, 6.07) is 0. The summed E-state index contributed by atoms with van der Waals surface area (Å²) in [7, 11) is 2.06. The van der Waals surface area contributed by atoms with Gasteiger partial charge in [0.2, 0.25) is 0 Å². The Morgan fingerprint density at radius 1 is 1.21 bits per heavy atom. The average molecular weight is 199 g/mol. The van der Waals surface area contributed by atoms with Gasteiger partial charge in [-0.05, 0) is 30.7 Å². The molecule has 0 radical (unpaired) electrons. The standard InChI is InChI=1S/C13H29N/c1-7-8-12(4)9-13(5,10-14-6)11(2)3/h11-12,14H,7-10H2,1-6H3. The van der Waals surface area contributed by atoms with Crippen LogP contribution in [-0.2, 0) is 0 Å². The summed E-state index contributed by atoms with van der Waals surface area (Å²) in [6.07, 6.45) is 4.03. The molecule has 14 heavy (non-hydrogen) atoms. The number of rotatable bonds is 7. The van der Waals surface area contributed by atoms with Crippen LogP contribution in [0.2, 0.25) is 0 Å². The molecule has 0 bridgehead atoms. The van der Waals surface area contributed by atoms with Gasteiger partial charge in [-0.25, -0.2) is 0 Å². The zero-order chi connectivity index (χ0) is 11.2. The zero-order valence-corrected chi connectivity index (χ0v) is 11.0. The summed E-state index contributed by atoms with van der Waals surface area (Å²) in [5.41, 5.74) is 0.462. The van der Waals surface area contributed by atoms with Gasteiger partial charge in [0.25, 0.3) is 0 Å². The third kappa shape index (κ3) is 4.45. The van der Waals surface area contributed by atoms with Gasteiger partial charge in [-0.1, -0.05) is 47.5 Å². The maximum absolute atomic E-state index is 3.34. The van der Waals surface area contributed by atoms with Gasteiger partial charge >= 0.3 is 0 Å². The minimum atomic E-state index is 0.462. The third-order valence-corrected chi connectivity index (χ3v) is 3.57. The first-order valence-corrected chi connectivity index (χ1v) is 6.10. The molecule has 0 aliphatic heterocycles. The lowest BCUT2D eigenvalue weighted by molar-refractivity contribution is 0.161. The normalized spacial score (nSPS) is 18.2. The van der Waals surface area contributed by atoms with E-state index in [-0.39, 0.29) is 0 Å². The Morgan fingerprint density at radius 2 is 1.79 bits per heavy atom. The molecule has 86 valence electrons. The second-order valence-electron chi connectivity index (χ2n) is 5.44. The van der Waals surface area contributed by atoms with E-state index in [0.29, 0.717) is 5.41 Å². The van der Waals surface area contributed by atoms with E-state index in [4.69, 9.17) is 0 Å². The predicted molar refractivity (Wildman–Crippen MR) is 65.6 cm³/mol. The first kappa shape index (κ1) is 14.0. The van der Waals surface area contributed by atoms with Crippen molar-refractivity contribution in [2.24, 2.45) is 17.3 Å². The highest BCUT2D eigenvalue weighted by Gasteiger charge is 2.28. The van der Waals surface area contributed by atoms with Crippen molar-refractivity contribution < 1.29 is 0 Å². The molecule has 2 unspecified atom stereocenters. The first-order valence-electron chi connectivity index (χ1n) is 6.10. The molecule has 0 rings (SSSR count). The van der Waals surface area contributed by atoms with Crippen molar-refractivity contribution in [1.82, 2.24) is 5.32 Å². The lowest BCUT2D eigenvalue weighted by Crippen LogP contribution is -2.36.